The molecular weight excluding hydrogens is 318 g/mol. The molecule has 1 aliphatic rings. The fraction of sp³-hybridized carbons (Fsp3) is 0.208. The molecule has 0 saturated heterocycles. The molecule has 0 aliphatic carbocycles. The standard InChI is InChI=1S/C24H23NO/c1-2-15-26-22-10-11-23-21(17-22)13-14-25-24(23)12-8-18-7-9-19-5-3-4-6-20(19)16-18/h3-12,16-17H,2,13-15H2,1H3/b12-8+. The van der Waals surface area contributed by atoms with E-state index in [2.05, 4.69) is 79.7 Å². The summed E-state index contributed by atoms with van der Waals surface area (Å²) in [6, 6.07) is 21.4. The molecule has 1 heterocycles. The van der Waals surface area contributed by atoms with Crippen LogP contribution in [-0.2, 0) is 6.42 Å². The predicted octanol–water partition coefficient (Wildman–Crippen LogP) is 5.69. The minimum Gasteiger partial charge on any atom is -0.494 e. The zero-order valence-electron chi connectivity index (χ0n) is 15.1. The van der Waals surface area contributed by atoms with Gasteiger partial charge in [-0.25, -0.2) is 0 Å². The van der Waals surface area contributed by atoms with Crippen molar-refractivity contribution in [2.75, 3.05) is 13.2 Å². The SMILES string of the molecule is CCCOc1ccc2c(c1)CCN=C2/C=C/c1ccc2ccccc2c1. The molecule has 4 rings (SSSR count). The minimum atomic E-state index is 0.765. The summed E-state index contributed by atoms with van der Waals surface area (Å²) in [4.78, 5) is 4.73. The van der Waals surface area contributed by atoms with E-state index in [1.54, 1.807) is 0 Å². The highest BCUT2D eigenvalue weighted by Crippen LogP contribution is 2.24. The first kappa shape index (κ1) is 16.6. The van der Waals surface area contributed by atoms with Gasteiger partial charge in [-0.15, -0.1) is 0 Å². The molecule has 0 saturated carbocycles. The Kier molecular flexibility index (Phi) is 4.83. The largest absolute Gasteiger partial charge is 0.494 e. The number of ether oxygens (including phenoxy) is 1. The van der Waals surface area contributed by atoms with E-state index in [-0.39, 0.29) is 0 Å². The van der Waals surface area contributed by atoms with Gasteiger partial charge in [-0.05, 0) is 65.1 Å². The summed E-state index contributed by atoms with van der Waals surface area (Å²) in [7, 11) is 0. The van der Waals surface area contributed by atoms with Crippen LogP contribution in [0.15, 0.2) is 71.7 Å². The van der Waals surface area contributed by atoms with Gasteiger partial charge in [-0.3, -0.25) is 4.99 Å². The number of fused-ring (bicyclic) bond motifs is 2. The lowest BCUT2D eigenvalue weighted by Gasteiger charge is -2.16. The third-order valence-electron chi connectivity index (χ3n) is 4.70. The van der Waals surface area contributed by atoms with Crippen LogP contribution in [0.4, 0.5) is 0 Å². The molecule has 3 aromatic carbocycles. The lowest BCUT2D eigenvalue weighted by Crippen LogP contribution is -2.11. The average molecular weight is 341 g/mol. The quantitative estimate of drug-likeness (QED) is 0.584. The summed E-state index contributed by atoms with van der Waals surface area (Å²) < 4.78 is 5.77. The molecule has 0 spiro atoms. The second-order valence-electron chi connectivity index (χ2n) is 6.62. The van der Waals surface area contributed by atoms with Gasteiger partial charge in [-0.1, -0.05) is 49.4 Å². The van der Waals surface area contributed by atoms with Gasteiger partial charge >= 0.3 is 0 Å². The molecule has 2 nitrogen and oxygen atoms in total. The number of allylic oxidation sites excluding steroid dienone is 1. The number of benzene rings is 3. The zero-order valence-corrected chi connectivity index (χ0v) is 15.1. The first-order valence-electron chi connectivity index (χ1n) is 9.31. The summed E-state index contributed by atoms with van der Waals surface area (Å²) in [5, 5.41) is 2.53. The Morgan fingerprint density at radius 2 is 1.85 bits per heavy atom. The maximum Gasteiger partial charge on any atom is 0.119 e. The Morgan fingerprint density at radius 3 is 2.73 bits per heavy atom. The average Bonchev–Trinajstić information content (AvgIpc) is 2.70. The molecule has 0 fully saturated rings. The van der Waals surface area contributed by atoms with Crippen LogP contribution in [-0.4, -0.2) is 18.9 Å². The Morgan fingerprint density at radius 1 is 0.962 bits per heavy atom. The van der Waals surface area contributed by atoms with Gasteiger partial charge in [-0.2, -0.15) is 0 Å². The summed E-state index contributed by atoms with van der Waals surface area (Å²) >= 11 is 0. The van der Waals surface area contributed by atoms with E-state index >= 15 is 0 Å². The highest BCUT2D eigenvalue weighted by Gasteiger charge is 2.13. The number of hydrogen-bond acceptors (Lipinski definition) is 2. The Balaban J connectivity index is 1.58. The topological polar surface area (TPSA) is 21.6 Å². The van der Waals surface area contributed by atoms with Crippen molar-refractivity contribution in [3.05, 3.63) is 83.4 Å². The van der Waals surface area contributed by atoms with Crippen LogP contribution in [0.3, 0.4) is 0 Å². The number of aliphatic imine (C=N–C) groups is 1. The van der Waals surface area contributed by atoms with Gasteiger partial charge in [0.05, 0.1) is 12.3 Å². The van der Waals surface area contributed by atoms with Crippen molar-refractivity contribution in [1.29, 1.82) is 0 Å². The summed E-state index contributed by atoms with van der Waals surface area (Å²) in [5.74, 6) is 0.963. The normalized spacial score (nSPS) is 13.7. The van der Waals surface area contributed by atoms with Crippen molar-refractivity contribution < 1.29 is 4.74 Å². The molecule has 1 aliphatic heterocycles. The first-order chi connectivity index (χ1) is 12.8. The third-order valence-corrected chi connectivity index (χ3v) is 4.70. The highest BCUT2D eigenvalue weighted by atomic mass is 16.5. The molecule has 0 radical (unpaired) electrons. The summed E-state index contributed by atoms with van der Waals surface area (Å²) in [6.45, 7) is 3.73. The van der Waals surface area contributed by atoms with E-state index in [9.17, 15) is 0 Å². The van der Waals surface area contributed by atoms with Crippen LogP contribution in [0.1, 0.15) is 30.0 Å². The smallest absolute Gasteiger partial charge is 0.119 e. The van der Waals surface area contributed by atoms with Gasteiger partial charge in [0.1, 0.15) is 5.75 Å². The van der Waals surface area contributed by atoms with Crippen LogP contribution in [0.2, 0.25) is 0 Å². The van der Waals surface area contributed by atoms with Crippen molar-refractivity contribution in [2.24, 2.45) is 4.99 Å². The molecule has 0 atom stereocenters. The molecular formula is C24H23NO. The van der Waals surface area contributed by atoms with Crippen molar-refractivity contribution in [1.82, 2.24) is 0 Å². The van der Waals surface area contributed by atoms with Gasteiger partial charge < -0.3 is 4.74 Å². The van der Waals surface area contributed by atoms with Crippen LogP contribution < -0.4 is 4.74 Å². The molecule has 0 amide bonds. The molecule has 0 unspecified atom stereocenters. The van der Waals surface area contributed by atoms with Crippen LogP contribution >= 0.6 is 0 Å². The molecule has 26 heavy (non-hydrogen) atoms. The molecule has 2 heteroatoms. The van der Waals surface area contributed by atoms with E-state index in [0.717, 1.165) is 37.5 Å². The highest BCUT2D eigenvalue weighted by molar-refractivity contribution is 6.12. The molecule has 3 aromatic rings. The van der Waals surface area contributed by atoms with E-state index < -0.39 is 0 Å². The van der Waals surface area contributed by atoms with E-state index in [4.69, 9.17) is 9.73 Å². The maximum atomic E-state index is 5.77. The number of nitrogens with zero attached hydrogens (tertiary/aromatic N) is 1. The van der Waals surface area contributed by atoms with Crippen molar-refractivity contribution in [2.45, 2.75) is 19.8 Å². The van der Waals surface area contributed by atoms with Gasteiger partial charge in [0.25, 0.3) is 0 Å². The first-order valence-corrected chi connectivity index (χ1v) is 9.31. The molecule has 0 N–H and O–H groups in total. The summed E-state index contributed by atoms with van der Waals surface area (Å²) in [6.07, 6.45) is 6.29. The zero-order chi connectivity index (χ0) is 17.8. The predicted molar refractivity (Wildman–Crippen MR) is 110 cm³/mol. The van der Waals surface area contributed by atoms with E-state index in [1.807, 2.05) is 0 Å². The van der Waals surface area contributed by atoms with Crippen LogP contribution in [0.25, 0.3) is 16.8 Å². The fourth-order valence-electron chi connectivity index (χ4n) is 3.35. The molecule has 130 valence electrons. The summed E-state index contributed by atoms with van der Waals surface area (Å²) in [5.41, 5.74) is 4.80. The second-order valence-corrected chi connectivity index (χ2v) is 6.62. The Labute approximate surface area is 154 Å². The van der Waals surface area contributed by atoms with E-state index in [0.29, 0.717) is 0 Å². The monoisotopic (exact) mass is 341 g/mol. The number of rotatable bonds is 5. The van der Waals surface area contributed by atoms with Crippen molar-refractivity contribution >= 4 is 22.6 Å². The second kappa shape index (κ2) is 7.57. The fourth-order valence-corrected chi connectivity index (χ4v) is 3.35. The van der Waals surface area contributed by atoms with Crippen LogP contribution in [0, 0.1) is 0 Å². The Hall–Kier alpha value is -2.87. The van der Waals surface area contributed by atoms with Gasteiger partial charge in [0.2, 0.25) is 0 Å². The minimum absolute atomic E-state index is 0.765. The van der Waals surface area contributed by atoms with Crippen LogP contribution in [0.5, 0.6) is 5.75 Å². The molecule has 0 bridgehead atoms. The van der Waals surface area contributed by atoms with Gasteiger partial charge in [0, 0.05) is 12.1 Å². The lowest BCUT2D eigenvalue weighted by atomic mass is 9.96. The van der Waals surface area contributed by atoms with E-state index in [1.165, 1.54) is 27.5 Å². The Bertz CT molecular complexity index is 984. The third kappa shape index (κ3) is 3.55. The number of hydrogen-bond donors (Lipinski definition) is 0. The van der Waals surface area contributed by atoms with Gasteiger partial charge in [0.15, 0.2) is 0 Å². The van der Waals surface area contributed by atoms with Crippen molar-refractivity contribution in [3.63, 3.8) is 0 Å². The molecule has 0 aromatic heterocycles. The maximum absolute atomic E-state index is 5.77. The lowest BCUT2D eigenvalue weighted by molar-refractivity contribution is 0.317. The van der Waals surface area contributed by atoms with Crippen molar-refractivity contribution in [3.8, 4) is 5.75 Å².